The minimum atomic E-state index is 0.283. The number of rotatable bonds is 6. The van der Waals surface area contributed by atoms with Crippen LogP contribution < -0.4 is 0 Å². The van der Waals surface area contributed by atoms with E-state index in [0.29, 0.717) is 12.1 Å². The SMILES string of the molecule is OC[C@H]1CCCN1CCOCC1CCCO1. The third kappa shape index (κ3) is 3.42. The van der Waals surface area contributed by atoms with Gasteiger partial charge >= 0.3 is 0 Å². The van der Waals surface area contributed by atoms with E-state index in [9.17, 15) is 0 Å². The number of aliphatic hydroxyl groups excluding tert-OH is 1. The average molecular weight is 229 g/mol. The van der Waals surface area contributed by atoms with Gasteiger partial charge in [-0.25, -0.2) is 0 Å². The molecule has 2 atom stereocenters. The zero-order valence-electron chi connectivity index (χ0n) is 9.94. The molecule has 0 amide bonds. The predicted molar refractivity (Wildman–Crippen MR) is 61.5 cm³/mol. The Bertz CT molecular complexity index is 195. The van der Waals surface area contributed by atoms with Gasteiger partial charge in [0.2, 0.25) is 0 Å². The van der Waals surface area contributed by atoms with Crippen molar-refractivity contribution in [2.75, 3.05) is 39.5 Å². The Morgan fingerprint density at radius 2 is 2.25 bits per heavy atom. The van der Waals surface area contributed by atoms with Crippen LogP contribution in [-0.4, -0.2) is 61.7 Å². The maximum absolute atomic E-state index is 9.16. The van der Waals surface area contributed by atoms with Crippen molar-refractivity contribution in [2.45, 2.75) is 37.8 Å². The minimum Gasteiger partial charge on any atom is -0.395 e. The van der Waals surface area contributed by atoms with Crippen molar-refractivity contribution in [3.05, 3.63) is 0 Å². The lowest BCUT2D eigenvalue weighted by Gasteiger charge is -2.22. The largest absolute Gasteiger partial charge is 0.395 e. The molecule has 2 rings (SSSR count). The van der Waals surface area contributed by atoms with Crippen LogP contribution in [0.1, 0.15) is 25.7 Å². The Labute approximate surface area is 97.5 Å². The Balaban J connectivity index is 1.53. The van der Waals surface area contributed by atoms with Crippen LogP contribution in [0.3, 0.4) is 0 Å². The topological polar surface area (TPSA) is 41.9 Å². The molecule has 0 aromatic carbocycles. The van der Waals surface area contributed by atoms with Gasteiger partial charge < -0.3 is 14.6 Å². The monoisotopic (exact) mass is 229 g/mol. The standard InChI is InChI=1S/C12H23NO3/c14-9-11-3-1-5-13(11)6-8-15-10-12-4-2-7-16-12/h11-12,14H,1-10H2/t11-,12?/m1/s1. The molecule has 0 bridgehead atoms. The molecule has 0 aromatic rings. The molecule has 94 valence electrons. The van der Waals surface area contributed by atoms with Crippen LogP contribution in [0.25, 0.3) is 0 Å². The van der Waals surface area contributed by atoms with Gasteiger partial charge in [-0.3, -0.25) is 4.90 Å². The van der Waals surface area contributed by atoms with E-state index in [4.69, 9.17) is 14.6 Å². The maximum Gasteiger partial charge on any atom is 0.0809 e. The summed E-state index contributed by atoms with van der Waals surface area (Å²) in [4.78, 5) is 2.33. The summed E-state index contributed by atoms with van der Waals surface area (Å²) in [5.41, 5.74) is 0. The molecule has 2 saturated heterocycles. The molecule has 0 radical (unpaired) electrons. The van der Waals surface area contributed by atoms with Gasteiger partial charge in [0.1, 0.15) is 0 Å². The summed E-state index contributed by atoms with van der Waals surface area (Å²) >= 11 is 0. The van der Waals surface area contributed by atoms with E-state index in [2.05, 4.69) is 4.90 Å². The van der Waals surface area contributed by atoms with Crippen LogP contribution in [0.15, 0.2) is 0 Å². The van der Waals surface area contributed by atoms with Crippen LogP contribution in [0, 0.1) is 0 Å². The van der Waals surface area contributed by atoms with Gasteiger partial charge in [0.05, 0.1) is 25.9 Å². The number of hydrogen-bond acceptors (Lipinski definition) is 4. The van der Waals surface area contributed by atoms with Crippen LogP contribution in [0.5, 0.6) is 0 Å². The van der Waals surface area contributed by atoms with E-state index < -0.39 is 0 Å². The summed E-state index contributed by atoms with van der Waals surface area (Å²) in [6, 6.07) is 0.367. The van der Waals surface area contributed by atoms with E-state index in [0.717, 1.165) is 45.8 Å². The number of ether oxygens (including phenoxy) is 2. The molecule has 4 nitrogen and oxygen atoms in total. The van der Waals surface area contributed by atoms with Crippen molar-refractivity contribution in [1.29, 1.82) is 0 Å². The fraction of sp³-hybridized carbons (Fsp3) is 1.00. The highest BCUT2D eigenvalue weighted by Crippen LogP contribution is 2.16. The van der Waals surface area contributed by atoms with Crippen molar-refractivity contribution >= 4 is 0 Å². The smallest absolute Gasteiger partial charge is 0.0809 e. The van der Waals surface area contributed by atoms with Crippen molar-refractivity contribution in [1.82, 2.24) is 4.90 Å². The molecule has 16 heavy (non-hydrogen) atoms. The molecule has 2 aliphatic heterocycles. The molecule has 0 saturated carbocycles. The minimum absolute atomic E-state index is 0.283. The summed E-state index contributed by atoms with van der Waals surface area (Å²) < 4.78 is 11.1. The van der Waals surface area contributed by atoms with E-state index in [1.807, 2.05) is 0 Å². The highest BCUT2D eigenvalue weighted by atomic mass is 16.5. The lowest BCUT2D eigenvalue weighted by atomic mass is 10.2. The maximum atomic E-state index is 9.16. The zero-order chi connectivity index (χ0) is 11.2. The van der Waals surface area contributed by atoms with E-state index in [1.54, 1.807) is 0 Å². The lowest BCUT2D eigenvalue weighted by molar-refractivity contribution is 0.00771. The highest BCUT2D eigenvalue weighted by Gasteiger charge is 2.23. The van der Waals surface area contributed by atoms with Gasteiger partial charge in [0, 0.05) is 19.2 Å². The van der Waals surface area contributed by atoms with Gasteiger partial charge in [0.15, 0.2) is 0 Å². The number of likely N-dealkylation sites (tertiary alicyclic amines) is 1. The van der Waals surface area contributed by atoms with Gasteiger partial charge in [-0.15, -0.1) is 0 Å². The number of hydrogen-bond donors (Lipinski definition) is 1. The summed E-state index contributed by atoms with van der Waals surface area (Å²) in [5, 5.41) is 9.16. The third-order valence-corrected chi connectivity index (χ3v) is 3.56. The molecule has 2 heterocycles. The number of aliphatic hydroxyl groups is 1. The quantitative estimate of drug-likeness (QED) is 0.679. The fourth-order valence-electron chi connectivity index (χ4n) is 2.57. The molecule has 1 unspecified atom stereocenters. The molecule has 0 aromatic heterocycles. The van der Waals surface area contributed by atoms with E-state index in [1.165, 1.54) is 12.8 Å². The zero-order valence-corrected chi connectivity index (χ0v) is 9.94. The van der Waals surface area contributed by atoms with Gasteiger partial charge in [-0.2, -0.15) is 0 Å². The molecular formula is C12H23NO3. The molecule has 2 fully saturated rings. The normalized spacial score (nSPS) is 31.3. The predicted octanol–water partition coefficient (Wildman–Crippen LogP) is 0.639. The van der Waals surface area contributed by atoms with Crippen LogP contribution in [0.2, 0.25) is 0 Å². The fourth-order valence-corrected chi connectivity index (χ4v) is 2.57. The summed E-state index contributed by atoms with van der Waals surface area (Å²) in [7, 11) is 0. The lowest BCUT2D eigenvalue weighted by Crippen LogP contribution is -2.35. The van der Waals surface area contributed by atoms with Crippen LogP contribution in [0.4, 0.5) is 0 Å². The summed E-state index contributed by atoms with van der Waals surface area (Å²) in [6.07, 6.45) is 4.97. The third-order valence-electron chi connectivity index (χ3n) is 3.56. The van der Waals surface area contributed by atoms with E-state index in [-0.39, 0.29) is 6.61 Å². The second-order valence-electron chi connectivity index (χ2n) is 4.72. The first-order valence-electron chi connectivity index (χ1n) is 6.44. The Morgan fingerprint density at radius 1 is 1.31 bits per heavy atom. The van der Waals surface area contributed by atoms with Crippen molar-refractivity contribution in [3.63, 3.8) is 0 Å². The Morgan fingerprint density at radius 3 is 3.00 bits per heavy atom. The summed E-state index contributed by atoms with van der Waals surface area (Å²) in [6.45, 7) is 4.72. The van der Waals surface area contributed by atoms with Gasteiger partial charge in [-0.1, -0.05) is 0 Å². The van der Waals surface area contributed by atoms with Crippen LogP contribution in [-0.2, 0) is 9.47 Å². The Kier molecular flexibility index (Phi) is 5.03. The van der Waals surface area contributed by atoms with Crippen molar-refractivity contribution in [2.24, 2.45) is 0 Å². The van der Waals surface area contributed by atoms with Gasteiger partial charge in [0.25, 0.3) is 0 Å². The van der Waals surface area contributed by atoms with Crippen molar-refractivity contribution < 1.29 is 14.6 Å². The first-order chi connectivity index (χ1) is 7.90. The first-order valence-corrected chi connectivity index (χ1v) is 6.44. The number of nitrogens with zero attached hydrogens (tertiary/aromatic N) is 1. The first kappa shape index (κ1) is 12.3. The molecule has 2 aliphatic rings. The second-order valence-corrected chi connectivity index (χ2v) is 4.72. The van der Waals surface area contributed by atoms with Crippen LogP contribution >= 0.6 is 0 Å². The van der Waals surface area contributed by atoms with Crippen molar-refractivity contribution in [3.8, 4) is 0 Å². The Hall–Kier alpha value is -0.160. The molecule has 1 N–H and O–H groups in total. The highest BCUT2D eigenvalue weighted by molar-refractivity contribution is 4.78. The second kappa shape index (κ2) is 6.55. The molecule has 0 spiro atoms. The van der Waals surface area contributed by atoms with E-state index >= 15 is 0 Å². The van der Waals surface area contributed by atoms with Gasteiger partial charge in [-0.05, 0) is 32.2 Å². The molecule has 4 heteroatoms. The average Bonchev–Trinajstić information content (AvgIpc) is 2.95. The molecular weight excluding hydrogens is 206 g/mol. The summed E-state index contributed by atoms with van der Waals surface area (Å²) in [5.74, 6) is 0. The molecule has 0 aliphatic carbocycles.